The van der Waals surface area contributed by atoms with Gasteiger partial charge in [0, 0.05) is 23.7 Å². The first-order valence-corrected chi connectivity index (χ1v) is 6.49. The van der Waals surface area contributed by atoms with Crippen molar-refractivity contribution in [2.45, 2.75) is 25.7 Å². The van der Waals surface area contributed by atoms with Crippen molar-refractivity contribution in [3.63, 3.8) is 0 Å². The summed E-state index contributed by atoms with van der Waals surface area (Å²) in [6.07, 6.45) is 1.96. The lowest BCUT2D eigenvalue weighted by atomic mass is 9.78. The van der Waals surface area contributed by atoms with E-state index in [2.05, 4.69) is 4.98 Å². The molecule has 0 radical (unpaired) electrons. The fraction of sp³-hybridized carbons (Fsp3) is 0.250. The van der Waals surface area contributed by atoms with E-state index in [1.165, 1.54) is 0 Å². The molecule has 0 aliphatic rings. The Morgan fingerprint density at radius 1 is 1.15 bits per heavy atom. The first-order valence-electron chi connectivity index (χ1n) is 6.49. The zero-order chi connectivity index (χ0) is 14.8. The van der Waals surface area contributed by atoms with Gasteiger partial charge in [-0.25, -0.2) is 4.98 Å². The summed E-state index contributed by atoms with van der Waals surface area (Å²) >= 11 is 0. The van der Waals surface area contributed by atoms with Crippen LogP contribution >= 0.6 is 0 Å². The number of carbonyl (C=O) groups excluding carboxylic acids is 1. The highest BCUT2D eigenvalue weighted by atomic mass is 16.1. The van der Waals surface area contributed by atoms with Crippen LogP contribution in [0.3, 0.4) is 0 Å². The normalized spacial score (nSPS) is 11.3. The maximum absolute atomic E-state index is 12.5. The maximum atomic E-state index is 12.5. The van der Waals surface area contributed by atoms with Crippen LogP contribution in [0.1, 0.15) is 25.0 Å². The van der Waals surface area contributed by atoms with E-state index in [0.717, 1.165) is 11.1 Å². The van der Waals surface area contributed by atoms with Gasteiger partial charge in [0.15, 0.2) is 0 Å². The highest BCUT2D eigenvalue weighted by Crippen LogP contribution is 2.26. The fourth-order valence-electron chi connectivity index (χ4n) is 2.07. The van der Waals surface area contributed by atoms with Crippen molar-refractivity contribution in [1.82, 2.24) is 4.98 Å². The predicted octanol–water partition coefficient (Wildman–Crippen LogP) is 2.34. The van der Waals surface area contributed by atoms with E-state index in [-0.39, 0.29) is 5.78 Å². The zero-order valence-corrected chi connectivity index (χ0v) is 11.8. The molecule has 2 rings (SSSR count). The summed E-state index contributed by atoms with van der Waals surface area (Å²) in [6.45, 7) is 3.84. The van der Waals surface area contributed by atoms with Crippen LogP contribution in [0.25, 0.3) is 0 Å². The smallest absolute Gasteiger partial charge is 0.147 e. The Morgan fingerprint density at radius 2 is 1.80 bits per heavy atom. The fourth-order valence-corrected chi connectivity index (χ4v) is 2.07. The highest BCUT2D eigenvalue weighted by molar-refractivity contribution is 5.91. The number of anilines is 2. The molecule has 4 nitrogen and oxygen atoms in total. The molecule has 1 aromatic carbocycles. The predicted molar refractivity (Wildman–Crippen MR) is 81.2 cm³/mol. The molecule has 2 aromatic rings. The van der Waals surface area contributed by atoms with E-state index in [1.807, 2.05) is 44.2 Å². The molecule has 1 aromatic heterocycles. The van der Waals surface area contributed by atoms with Gasteiger partial charge < -0.3 is 11.5 Å². The Kier molecular flexibility index (Phi) is 3.74. The third-order valence-corrected chi connectivity index (χ3v) is 3.54. The van der Waals surface area contributed by atoms with Crippen molar-refractivity contribution in [2.24, 2.45) is 0 Å². The van der Waals surface area contributed by atoms with Crippen LogP contribution in [0, 0.1) is 0 Å². The maximum Gasteiger partial charge on any atom is 0.147 e. The third-order valence-electron chi connectivity index (χ3n) is 3.54. The van der Waals surface area contributed by atoms with Crippen LogP contribution in [-0.2, 0) is 16.6 Å². The Balaban J connectivity index is 2.21. The van der Waals surface area contributed by atoms with Crippen LogP contribution in [0.5, 0.6) is 0 Å². The molecule has 20 heavy (non-hydrogen) atoms. The van der Waals surface area contributed by atoms with Crippen molar-refractivity contribution >= 4 is 17.3 Å². The lowest BCUT2D eigenvalue weighted by Crippen LogP contribution is -2.30. The second-order valence-electron chi connectivity index (χ2n) is 5.44. The van der Waals surface area contributed by atoms with Crippen LogP contribution in [0.15, 0.2) is 42.6 Å². The lowest BCUT2D eigenvalue weighted by Gasteiger charge is -2.24. The van der Waals surface area contributed by atoms with Crippen LogP contribution in [0.2, 0.25) is 0 Å². The zero-order valence-electron chi connectivity index (χ0n) is 11.8. The number of hydrogen-bond acceptors (Lipinski definition) is 4. The Morgan fingerprint density at radius 3 is 2.40 bits per heavy atom. The largest absolute Gasteiger partial charge is 0.399 e. The van der Waals surface area contributed by atoms with E-state index in [9.17, 15) is 4.79 Å². The number of carbonyl (C=O) groups is 1. The molecule has 0 saturated heterocycles. The molecule has 0 atom stereocenters. The number of hydrogen-bond donors (Lipinski definition) is 2. The van der Waals surface area contributed by atoms with Gasteiger partial charge in [-0.2, -0.15) is 0 Å². The molecule has 0 bridgehead atoms. The average Bonchev–Trinajstić information content (AvgIpc) is 2.39. The molecule has 0 spiro atoms. The Labute approximate surface area is 118 Å². The van der Waals surface area contributed by atoms with Crippen molar-refractivity contribution in [2.75, 3.05) is 11.5 Å². The van der Waals surface area contributed by atoms with Gasteiger partial charge in [0.05, 0.1) is 0 Å². The molecule has 4 N–H and O–H groups in total. The molecule has 0 fully saturated rings. The quantitative estimate of drug-likeness (QED) is 0.835. The lowest BCUT2D eigenvalue weighted by molar-refractivity contribution is -0.122. The SMILES string of the molecule is CC(C)(C(=O)Cc1ccnc(N)c1)c1ccc(N)cc1. The number of Topliss-reactive ketones (excluding diaryl/α,β-unsaturated/α-hetero) is 1. The molecule has 0 aliphatic heterocycles. The van der Waals surface area contributed by atoms with Gasteiger partial charge >= 0.3 is 0 Å². The summed E-state index contributed by atoms with van der Waals surface area (Å²) in [5.74, 6) is 0.563. The van der Waals surface area contributed by atoms with Gasteiger partial charge in [0.2, 0.25) is 0 Å². The van der Waals surface area contributed by atoms with E-state index in [4.69, 9.17) is 11.5 Å². The van der Waals surface area contributed by atoms with E-state index >= 15 is 0 Å². The second kappa shape index (κ2) is 5.33. The van der Waals surface area contributed by atoms with Crippen LogP contribution < -0.4 is 11.5 Å². The number of aromatic nitrogens is 1. The standard InChI is InChI=1S/C16H19N3O/c1-16(2,12-3-5-13(17)6-4-12)14(20)9-11-7-8-19-15(18)10-11/h3-8,10H,9,17H2,1-2H3,(H2,18,19). The molecule has 1 heterocycles. The van der Waals surface area contributed by atoms with Gasteiger partial charge in [-0.1, -0.05) is 12.1 Å². The number of benzene rings is 1. The summed E-state index contributed by atoms with van der Waals surface area (Å²) in [5.41, 5.74) is 13.3. The second-order valence-corrected chi connectivity index (χ2v) is 5.44. The average molecular weight is 269 g/mol. The third kappa shape index (κ3) is 2.96. The van der Waals surface area contributed by atoms with Crippen molar-refractivity contribution in [1.29, 1.82) is 0 Å². The number of nitrogens with zero attached hydrogens (tertiary/aromatic N) is 1. The summed E-state index contributed by atoms with van der Waals surface area (Å²) in [4.78, 5) is 16.5. The van der Waals surface area contributed by atoms with E-state index < -0.39 is 5.41 Å². The van der Waals surface area contributed by atoms with Gasteiger partial charge in [-0.3, -0.25) is 4.79 Å². The molecule has 0 amide bonds. The number of ketones is 1. The molecular weight excluding hydrogens is 250 g/mol. The summed E-state index contributed by atoms with van der Waals surface area (Å²) < 4.78 is 0. The molecule has 0 aliphatic carbocycles. The minimum absolute atomic E-state index is 0.132. The van der Waals surface area contributed by atoms with Gasteiger partial charge in [0.25, 0.3) is 0 Å². The molecular formula is C16H19N3O. The minimum Gasteiger partial charge on any atom is -0.399 e. The highest BCUT2D eigenvalue weighted by Gasteiger charge is 2.29. The first kappa shape index (κ1) is 14.1. The number of nitrogen functional groups attached to an aromatic ring is 2. The minimum atomic E-state index is -0.564. The van der Waals surface area contributed by atoms with Gasteiger partial charge in [0.1, 0.15) is 11.6 Å². The molecule has 0 unspecified atom stereocenters. The summed E-state index contributed by atoms with van der Waals surface area (Å²) in [7, 11) is 0. The molecule has 4 heteroatoms. The Bertz CT molecular complexity index is 618. The van der Waals surface area contributed by atoms with Crippen LogP contribution in [-0.4, -0.2) is 10.8 Å². The summed E-state index contributed by atoms with van der Waals surface area (Å²) in [5, 5.41) is 0. The molecule has 0 saturated carbocycles. The molecule has 104 valence electrons. The van der Waals surface area contributed by atoms with E-state index in [0.29, 0.717) is 17.9 Å². The number of nitrogens with two attached hydrogens (primary N) is 2. The van der Waals surface area contributed by atoms with Crippen molar-refractivity contribution < 1.29 is 4.79 Å². The van der Waals surface area contributed by atoms with E-state index in [1.54, 1.807) is 12.3 Å². The number of rotatable bonds is 4. The Hall–Kier alpha value is -2.36. The van der Waals surface area contributed by atoms with Crippen molar-refractivity contribution in [3.05, 3.63) is 53.7 Å². The monoisotopic (exact) mass is 269 g/mol. The topological polar surface area (TPSA) is 82.0 Å². The summed E-state index contributed by atoms with van der Waals surface area (Å²) in [6, 6.07) is 11.0. The van der Waals surface area contributed by atoms with Gasteiger partial charge in [-0.05, 0) is 49.2 Å². The van der Waals surface area contributed by atoms with Crippen molar-refractivity contribution in [3.8, 4) is 0 Å². The first-order chi connectivity index (χ1) is 9.39. The van der Waals surface area contributed by atoms with Gasteiger partial charge in [-0.15, -0.1) is 0 Å². The van der Waals surface area contributed by atoms with Crippen LogP contribution in [0.4, 0.5) is 11.5 Å². The number of pyridine rings is 1.